The molecule has 0 fully saturated rings. The maximum absolute atomic E-state index is 12.7. The van der Waals surface area contributed by atoms with Crippen LogP contribution in [-0.2, 0) is 23.3 Å². The zero-order valence-electron chi connectivity index (χ0n) is 18.6. The third-order valence-electron chi connectivity index (χ3n) is 5.50. The number of hydrogen-bond acceptors (Lipinski definition) is 4. The molecule has 0 spiro atoms. The van der Waals surface area contributed by atoms with Crippen LogP contribution in [0.25, 0.3) is 0 Å². The van der Waals surface area contributed by atoms with E-state index in [9.17, 15) is 9.59 Å². The highest BCUT2D eigenvalue weighted by atomic mass is 16.5. The first kappa shape index (κ1) is 21.6. The quantitative estimate of drug-likeness (QED) is 0.659. The van der Waals surface area contributed by atoms with Crippen LogP contribution >= 0.6 is 0 Å². The smallest absolute Gasteiger partial charge is 0.265 e. The Bertz CT molecular complexity index is 1140. The minimum atomic E-state index is -0.160. The fraction of sp³-hybridized carbons (Fsp3) is 0.269. The maximum Gasteiger partial charge on any atom is 0.265 e. The summed E-state index contributed by atoms with van der Waals surface area (Å²) in [5.74, 6) is 0.437. The Labute approximate surface area is 188 Å². The molecule has 1 N–H and O–H groups in total. The van der Waals surface area contributed by atoms with Gasteiger partial charge in [-0.2, -0.15) is 0 Å². The number of carbonyl (C=O) groups excluding carboxylic acids is 2. The number of hydrogen-bond donors (Lipinski definition) is 1. The van der Waals surface area contributed by atoms with Crippen LogP contribution in [0.4, 0.5) is 5.69 Å². The van der Waals surface area contributed by atoms with E-state index < -0.39 is 0 Å². The van der Waals surface area contributed by atoms with Crippen LogP contribution in [0.15, 0.2) is 67.0 Å². The van der Waals surface area contributed by atoms with Crippen molar-refractivity contribution in [3.63, 3.8) is 0 Å². The Balaban J connectivity index is 1.53. The summed E-state index contributed by atoms with van der Waals surface area (Å²) in [6.07, 6.45) is 3.40. The van der Waals surface area contributed by atoms with E-state index in [1.165, 1.54) is 0 Å². The lowest BCUT2D eigenvalue weighted by Crippen LogP contribution is -2.38. The van der Waals surface area contributed by atoms with Gasteiger partial charge in [0.25, 0.3) is 11.8 Å². The molecule has 0 unspecified atom stereocenters. The van der Waals surface area contributed by atoms with Gasteiger partial charge in [-0.05, 0) is 58.5 Å². The molecule has 0 radical (unpaired) electrons. The molecule has 32 heavy (non-hydrogen) atoms. The second-order valence-corrected chi connectivity index (χ2v) is 8.94. The number of nitrogens with zero attached hydrogens (tertiary/aromatic N) is 2. The van der Waals surface area contributed by atoms with Crippen molar-refractivity contribution in [1.29, 1.82) is 0 Å². The van der Waals surface area contributed by atoms with E-state index in [1.54, 1.807) is 23.4 Å². The summed E-state index contributed by atoms with van der Waals surface area (Å²) in [7, 11) is 0. The molecule has 2 amide bonds. The monoisotopic (exact) mass is 429 g/mol. The molecule has 6 heteroatoms. The van der Waals surface area contributed by atoms with E-state index >= 15 is 0 Å². The Morgan fingerprint density at radius 2 is 1.84 bits per heavy atom. The molecule has 2 heterocycles. The van der Waals surface area contributed by atoms with Gasteiger partial charge < -0.3 is 15.0 Å². The van der Waals surface area contributed by atoms with E-state index in [1.807, 2.05) is 48.5 Å². The van der Waals surface area contributed by atoms with Crippen molar-refractivity contribution in [1.82, 2.24) is 10.3 Å². The molecule has 0 aliphatic carbocycles. The lowest BCUT2D eigenvalue weighted by Gasteiger charge is -2.31. The number of pyridine rings is 1. The molecular weight excluding hydrogens is 402 g/mol. The van der Waals surface area contributed by atoms with E-state index in [0.29, 0.717) is 24.4 Å². The fourth-order valence-corrected chi connectivity index (χ4v) is 3.62. The highest BCUT2D eigenvalue weighted by Crippen LogP contribution is 2.37. The van der Waals surface area contributed by atoms with Crippen molar-refractivity contribution in [2.45, 2.75) is 39.3 Å². The summed E-state index contributed by atoms with van der Waals surface area (Å²) in [6.45, 7) is 7.22. The summed E-state index contributed by atoms with van der Waals surface area (Å²) >= 11 is 0. The van der Waals surface area contributed by atoms with Gasteiger partial charge in [0.1, 0.15) is 5.75 Å². The van der Waals surface area contributed by atoms with Crippen LogP contribution < -0.4 is 15.0 Å². The molecule has 2 aromatic carbocycles. The normalized spacial score (nSPS) is 13.3. The van der Waals surface area contributed by atoms with Gasteiger partial charge in [0.05, 0.1) is 12.2 Å². The topological polar surface area (TPSA) is 71.5 Å². The van der Waals surface area contributed by atoms with E-state index in [-0.39, 0.29) is 23.8 Å². The fourth-order valence-electron chi connectivity index (χ4n) is 3.62. The zero-order valence-corrected chi connectivity index (χ0v) is 18.6. The van der Waals surface area contributed by atoms with Gasteiger partial charge in [-0.1, -0.05) is 39.0 Å². The standard InChI is InChI=1S/C26H27N3O3/c1-26(2,3)21-7-8-23-22(14-21)29(24(30)17-32-23)16-19-5-4-6-20(13-19)25(31)28-15-18-9-11-27-12-10-18/h4-14H,15-17H2,1-3H3,(H,28,31). The minimum Gasteiger partial charge on any atom is -0.482 e. The molecular formula is C26H27N3O3. The number of rotatable bonds is 5. The largest absolute Gasteiger partial charge is 0.482 e. The van der Waals surface area contributed by atoms with Crippen molar-refractivity contribution >= 4 is 17.5 Å². The average molecular weight is 430 g/mol. The van der Waals surface area contributed by atoms with Crippen LogP contribution in [0.3, 0.4) is 0 Å². The third-order valence-corrected chi connectivity index (χ3v) is 5.50. The molecule has 0 atom stereocenters. The van der Waals surface area contributed by atoms with Crippen LogP contribution in [-0.4, -0.2) is 23.4 Å². The van der Waals surface area contributed by atoms with Crippen molar-refractivity contribution < 1.29 is 14.3 Å². The maximum atomic E-state index is 12.7. The molecule has 3 aromatic rings. The second-order valence-electron chi connectivity index (χ2n) is 8.94. The van der Waals surface area contributed by atoms with E-state index in [2.05, 4.69) is 31.1 Å². The molecule has 1 aliphatic rings. The van der Waals surface area contributed by atoms with Crippen LogP contribution in [0, 0.1) is 0 Å². The van der Waals surface area contributed by atoms with Crippen molar-refractivity contribution in [3.8, 4) is 5.75 Å². The number of aromatic nitrogens is 1. The van der Waals surface area contributed by atoms with Gasteiger partial charge in [-0.3, -0.25) is 14.6 Å². The van der Waals surface area contributed by atoms with Crippen LogP contribution in [0.2, 0.25) is 0 Å². The third kappa shape index (κ3) is 4.80. The molecule has 1 aromatic heterocycles. The average Bonchev–Trinajstić information content (AvgIpc) is 2.79. The first-order valence-electron chi connectivity index (χ1n) is 10.6. The highest BCUT2D eigenvalue weighted by molar-refractivity contribution is 5.98. The second kappa shape index (κ2) is 8.83. The SMILES string of the molecule is CC(C)(C)c1ccc2c(c1)N(Cc1cccc(C(=O)NCc3ccncc3)c1)C(=O)CO2. The predicted octanol–water partition coefficient (Wildman–Crippen LogP) is 4.23. The Kier molecular flexibility index (Phi) is 5.95. The van der Waals surface area contributed by atoms with Gasteiger partial charge >= 0.3 is 0 Å². The summed E-state index contributed by atoms with van der Waals surface area (Å²) in [6, 6.07) is 17.1. The van der Waals surface area contributed by atoms with Crippen molar-refractivity contribution in [2.75, 3.05) is 11.5 Å². The number of ether oxygens (including phenoxy) is 1. The van der Waals surface area contributed by atoms with Gasteiger partial charge in [0, 0.05) is 24.5 Å². The van der Waals surface area contributed by atoms with Gasteiger partial charge in [0.15, 0.2) is 6.61 Å². The highest BCUT2D eigenvalue weighted by Gasteiger charge is 2.27. The van der Waals surface area contributed by atoms with Crippen LogP contribution in [0.5, 0.6) is 5.75 Å². The Hall–Kier alpha value is -3.67. The van der Waals surface area contributed by atoms with Crippen LogP contribution in [0.1, 0.15) is 47.8 Å². The Morgan fingerprint density at radius 3 is 2.59 bits per heavy atom. The molecule has 4 rings (SSSR count). The molecule has 0 saturated heterocycles. The number of benzene rings is 2. The van der Waals surface area contributed by atoms with Crippen molar-refractivity contribution in [2.24, 2.45) is 0 Å². The molecule has 0 bridgehead atoms. The van der Waals surface area contributed by atoms with Gasteiger partial charge in [-0.15, -0.1) is 0 Å². The first-order chi connectivity index (χ1) is 15.3. The van der Waals surface area contributed by atoms with Crippen molar-refractivity contribution in [3.05, 3.63) is 89.2 Å². The summed E-state index contributed by atoms with van der Waals surface area (Å²) in [4.78, 5) is 31.1. The summed E-state index contributed by atoms with van der Waals surface area (Å²) < 4.78 is 5.65. The predicted molar refractivity (Wildman–Crippen MR) is 124 cm³/mol. The molecule has 6 nitrogen and oxygen atoms in total. The molecule has 164 valence electrons. The lowest BCUT2D eigenvalue weighted by molar-refractivity contribution is -0.121. The number of carbonyl (C=O) groups is 2. The summed E-state index contributed by atoms with van der Waals surface area (Å²) in [5, 5.41) is 2.93. The van der Waals surface area contributed by atoms with Gasteiger partial charge in [0.2, 0.25) is 0 Å². The number of nitrogens with one attached hydrogen (secondary N) is 1. The number of fused-ring (bicyclic) bond motifs is 1. The van der Waals surface area contributed by atoms with Gasteiger partial charge in [-0.25, -0.2) is 0 Å². The number of amides is 2. The lowest BCUT2D eigenvalue weighted by atomic mass is 9.86. The summed E-state index contributed by atoms with van der Waals surface area (Å²) in [5.41, 5.74) is 4.26. The minimum absolute atomic E-state index is 0.00791. The number of anilines is 1. The Morgan fingerprint density at radius 1 is 1.06 bits per heavy atom. The zero-order chi connectivity index (χ0) is 22.7. The molecule has 1 aliphatic heterocycles. The molecule has 0 saturated carbocycles. The van der Waals surface area contributed by atoms with E-state index in [0.717, 1.165) is 22.4 Å². The first-order valence-corrected chi connectivity index (χ1v) is 10.6. The van der Waals surface area contributed by atoms with E-state index in [4.69, 9.17) is 4.74 Å².